The van der Waals surface area contributed by atoms with Gasteiger partial charge in [0.2, 0.25) is 0 Å². The maximum absolute atomic E-state index is 12.5. The van der Waals surface area contributed by atoms with Crippen LogP contribution >= 0.6 is 11.6 Å². The zero-order chi connectivity index (χ0) is 18.6. The monoisotopic (exact) mass is 364 g/mol. The molecular formula is C19H25ClN2O3. The fourth-order valence-corrected chi connectivity index (χ4v) is 2.78. The molecule has 2 amide bonds. The van der Waals surface area contributed by atoms with Crippen molar-refractivity contribution in [1.29, 1.82) is 0 Å². The average molecular weight is 365 g/mol. The van der Waals surface area contributed by atoms with Crippen molar-refractivity contribution in [2.24, 2.45) is 5.92 Å². The number of halogens is 1. The minimum atomic E-state index is -0.531. The minimum absolute atomic E-state index is 0.108. The zero-order valence-electron chi connectivity index (χ0n) is 15.1. The lowest BCUT2D eigenvalue weighted by atomic mass is 10.1. The Kier molecular flexibility index (Phi) is 6.11. The summed E-state index contributed by atoms with van der Waals surface area (Å²) in [6, 6.07) is -0.108. The van der Waals surface area contributed by atoms with Gasteiger partial charge in [-0.2, -0.15) is 0 Å². The molecule has 1 N–H and O–H groups in total. The molecule has 2 atom stereocenters. The van der Waals surface area contributed by atoms with E-state index in [0.717, 1.165) is 0 Å². The predicted molar refractivity (Wildman–Crippen MR) is 99.2 cm³/mol. The summed E-state index contributed by atoms with van der Waals surface area (Å²) in [5.74, 6) is -0.0188. The summed E-state index contributed by atoms with van der Waals surface area (Å²) >= 11 is 5.91. The van der Waals surface area contributed by atoms with Gasteiger partial charge in [0.05, 0.1) is 6.04 Å². The van der Waals surface area contributed by atoms with Gasteiger partial charge in [-0.05, 0) is 51.0 Å². The first-order valence-corrected chi connectivity index (χ1v) is 8.74. The molecule has 136 valence electrons. The Morgan fingerprint density at radius 1 is 1.20 bits per heavy atom. The summed E-state index contributed by atoms with van der Waals surface area (Å²) in [6.45, 7) is 8.54. The molecule has 1 aliphatic heterocycles. The number of carbonyl (C=O) groups is 2. The van der Waals surface area contributed by atoms with Crippen LogP contribution in [0.4, 0.5) is 4.79 Å². The molecule has 2 rings (SSSR count). The standard InChI is InChI=1S/C19H25ClN2O3/c1-13-11-22(18(24)25-19(2,3)4)12-16(13)21-17(23)14-7-5-9-15(20)10-6-8-14/h5-10,13,16H,11-12H2,1-4H3,(H,21,23)/b7-5?,8-6?,9-5-,10-6?,14-7?,14-8?,15-9?,15-10+/t13-,16-/m0/s1. The number of carbonyl (C=O) groups excluding carboxylic acids is 2. The fraction of sp³-hybridized carbons (Fsp3) is 0.474. The number of amides is 2. The molecule has 1 heterocycles. The van der Waals surface area contributed by atoms with Gasteiger partial charge in [-0.1, -0.05) is 30.7 Å². The van der Waals surface area contributed by atoms with Crippen molar-refractivity contribution in [3.63, 3.8) is 0 Å². The molecule has 0 unspecified atom stereocenters. The number of allylic oxidation sites excluding steroid dienone is 6. The van der Waals surface area contributed by atoms with E-state index >= 15 is 0 Å². The Bertz CT molecular complexity index is 656. The van der Waals surface area contributed by atoms with Crippen molar-refractivity contribution in [3.8, 4) is 0 Å². The lowest BCUT2D eigenvalue weighted by Gasteiger charge is -2.24. The van der Waals surface area contributed by atoms with E-state index in [9.17, 15) is 9.59 Å². The number of nitrogens with one attached hydrogen (secondary N) is 1. The molecule has 25 heavy (non-hydrogen) atoms. The van der Waals surface area contributed by atoms with Crippen LogP contribution in [0.1, 0.15) is 27.7 Å². The van der Waals surface area contributed by atoms with E-state index in [-0.39, 0.29) is 24.0 Å². The first-order chi connectivity index (χ1) is 11.7. The highest BCUT2D eigenvalue weighted by molar-refractivity contribution is 6.31. The Balaban J connectivity index is 1.96. The number of hydrogen-bond donors (Lipinski definition) is 1. The third kappa shape index (κ3) is 5.78. The second-order valence-electron chi connectivity index (χ2n) is 7.33. The van der Waals surface area contributed by atoms with Gasteiger partial charge in [-0.3, -0.25) is 4.79 Å². The second-order valence-corrected chi connectivity index (χ2v) is 7.77. The topological polar surface area (TPSA) is 58.6 Å². The maximum Gasteiger partial charge on any atom is 0.410 e. The molecule has 0 bridgehead atoms. The van der Waals surface area contributed by atoms with Gasteiger partial charge in [-0.15, -0.1) is 0 Å². The third-order valence-corrected chi connectivity index (χ3v) is 4.16. The van der Waals surface area contributed by atoms with Crippen molar-refractivity contribution in [1.82, 2.24) is 10.2 Å². The van der Waals surface area contributed by atoms with E-state index in [4.69, 9.17) is 16.3 Å². The lowest BCUT2D eigenvalue weighted by molar-refractivity contribution is -0.118. The highest BCUT2D eigenvalue weighted by atomic mass is 35.5. The molecule has 0 spiro atoms. The molecule has 0 aromatic carbocycles. The third-order valence-electron chi connectivity index (χ3n) is 3.91. The van der Waals surface area contributed by atoms with Crippen LogP contribution in [0.5, 0.6) is 0 Å². The Morgan fingerprint density at radius 3 is 2.56 bits per heavy atom. The van der Waals surface area contributed by atoms with Crippen LogP contribution in [0, 0.1) is 5.92 Å². The van der Waals surface area contributed by atoms with Crippen LogP contribution < -0.4 is 5.32 Å². The summed E-state index contributed by atoms with van der Waals surface area (Å²) in [5.41, 5.74) is 0.0108. The van der Waals surface area contributed by atoms with Crippen LogP contribution in [-0.4, -0.2) is 41.6 Å². The summed E-state index contributed by atoms with van der Waals surface area (Å²) < 4.78 is 5.40. The summed E-state index contributed by atoms with van der Waals surface area (Å²) in [7, 11) is 0. The number of ether oxygens (including phenoxy) is 1. The average Bonchev–Trinajstić information content (AvgIpc) is 2.82. The number of rotatable bonds is 2. The largest absolute Gasteiger partial charge is 0.444 e. The van der Waals surface area contributed by atoms with Crippen LogP contribution in [0.3, 0.4) is 0 Å². The molecule has 1 saturated heterocycles. The van der Waals surface area contributed by atoms with E-state index in [0.29, 0.717) is 23.7 Å². The second kappa shape index (κ2) is 7.91. The SMILES string of the molecule is C[C@H]1CN(C(=O)OC(C)(C)C)C[C@@H]1NC(=O)C1=C/C=C\C(Cl)=C/C=C1. The molecule has 0 saturated carbocycles. The highest BCUT2D eigenvalue weighted by Crippen LogP contribution is 2.20. The fourth-order valence-electron chi connectivity index (χ4n) is 2.63. The smallest absolute Gasteiger partial charge is 0.410 e. The van der Waals surface area contributed by atoms with Gasteiger partial charge >= 0.3 is 6.09 Å². The predicted octanol–water partition coefficient (Wildman–Crippen LogP) is 3.53. The van der Waals surface area contributed by atoms with Gasteiger partial charge in [0.25, 0.3) is 5.91 Å². The lowest BCUT2D eigenvalue weighted by Crippen LogP contribution is -2.41. The van der Waals surface area contributed by atoms with Crippen LogP contribution in [0.25, 0.3) is 0 Å². The van der Waals surface area contributed by atoms with Gasteiger partial charge in [-0.25, -0.2) is 4.79 Å². The van der Waals surface area contributed by atoms with Crippen molar-refractivity contribution in [3.05, 3.63) is 47.1 Å². The molecule has 0 aromatic heterocycles. The Morgan fingerprint density at radius 2 is 1.88 bits per heavy atom. The van der Waals surface area contributed by atoms with Crippen LogP contribution in [-0.2, 0) is 9.53 Å². The summed E-state index contributed by atoms with van der Waals surface area (Å²) in [5, 5.41) is 3.61. The van der Waals surface area contributed by atoms with Gasteiger partial charge < -0.3 is 15.0 Å². The van der Waals surface area contributed by atoms with E-state index in [1.807, 2.05) is 27.7 Å². The summed E-state index contributed by atoms with van der Waals surface area (Å²) in [4.78, 5) is 26.3. The van der Waals surface area contributed by atoms with Gasteiger partial charge in [0, 0.05) is 23.7 Å². The minimum Gasteiger partial charge on any atom is -0.444 e. The van der Waals surface area contributed by atoms with E-state index in [1.54, 1.807) is 41.4 Å². The molecule has 2 aliphatic rings. The molecular weight excluding hydrogens is 340 g/mol. The van der Waals surface area contributed by atoms with Crippen molar-refractivity contribution < 1.29 is 14.3 Å². The number of likely N-dealkylation sites (tertiary alicyclic amines) is 1. The van der Waals surface area contributed by atoms with Crippen molar-refractivity contribution >= 4 is 23.6 Å². The maximum atomic E-state index is 12.5. The van der Waals surface area contributed by atoms with Crippen molar-refractivity contribution in [2.45, 2.75) is 39.3 Å². The van der Waals surface area contributed by atoms with E-state index < -0.39 is 5.60 Å². The first kappa shape index (κ1) is 19.3. The van der Waals surface area contributed by atoms with Crippen LogP contribution in [0.15, 0.2) is 47.1 Å². The molecule has 0 radical (unpaired) electrons. The van der Waals surface area contributed by atoms with Gasteiger partial charge in [0.15, 0.2) is 0 Å². The van der Waals surface area contributed by atoms with E-state index in [1.165, 1.54) is 0 Å². The molecule has 1 fully saturated rings. The first-order valence-electron chi connectivity index (χ1n) is 8.37. The normalized spacial score (nSPS) is 26.8. The van der Waals surface area contributed by atoms with Crippen LogP contribution in [0.2, 0.25) is 0 Å². The number of nitrogens with zero attached hydrogens (tertiary/aromatic N) is 1. The quantitative estimate of drug-likeness (QED) is 0.815. The molecule has 0 aromatic rings. The Hall–Kier alpha value is -2.01. The van der Waals surface area contributed by atoms with Gasteiger partial charge in [0.1, 0.15) is 5.60 Å². The molecule has 6 heteroatoms. The highest BCUT2D eigenvalue weighted by Gasteiger charge is 2.35. The summed E-state index contributed by atoms with van der Waals surface area (Å²) in [6.07, 6.45) is 10.0. The van der Waals surface area contributed by atoms with Crippen molar-refractivity contribution in [2.75, 3.05) is 13.1 Å². The molecule has 5 nitrogen and oxygen atoms in total. The zero-order valence-corrected chi connectivity index (χ0v) is 15.8. The molecule has 1 aliphatic carbocycles. The number of hydrogen-bond acceptors (Lipinski definition) is 3. The van der Waals surface area contributed by atoms with E-state index in [2.05, 4.69) is 5.32 Å². The Labute approximate surface area is 154 Å².